The smallest absolute Gasteiger partial charge is 0.124 e. The quantitative estimate of drug-likeness (QED) is 0.643. The van der Waals surface area contributed by atoms with Crippen molar-refractivity contribution in [3.05, 3.63) is 62.8 Å². The maximum absolute atomic E-state index is 13.1. The first kappa shape index (κ1) is 18.2. The third-order valence-corrected chi connectivity index (χ3v) is 4.52. The number of halogens is 3. The van der Waals surface area contributed by atoms with Crippen LogP contribution in [0.4, 0.5) is 4.39 Å². The molecule has 2 aromatic rings. The van der Waals surface area contributed by atoms with E-state index < -0.39 is 0 Å². The van der Waals surface area contributed by atoms with Gasteiger partial charge in [-0.25, -0.2) is 4.39 Å². The van der Waals surface area contributed by atoms with Gasteiger partial charge in [-0.15, -0.1) is 0 Å². The molecule has 0 aliphatic carbocycles. The van der Waals surface area contributed by atoms with E-state index in [0.717, 1.165) is 34.3 Å². The van der Waals surface area contributed by atoms with Crippen molar-refractivity contribution in [3.8, 4) is 5.75 Å². The topological polar surface area (TPSA) is 21.3 Å². The second-order valence-corrected chi connectivity index (χ2v) is 6.79. The third kappa shape index (κ3) is 5.48. The lowest BCUT2D eigenvalue weighted by Crippen LogP contribution is -2.24. The van der Waals surface area contributed by atoms with Gasteiger partial charge in [0, 0.05) is 28.2 Å². The highest BCUT2D eigenvalue weighted by molar-refractivity contribution is 9.10. The molecule has 0 heterocycles. The van der Waals surface area contributed by atoms with Crippen molar-refractivity contribution in [2.45, 2.75) is 39.5 Å². The van der Waals surface area contributed by atoms with Crippen molar-refractivity contribution in [3.63, 3.8) is 0 Å². The average Bonchev–Trinajstić information content (AvgIpc) is 2.53. The lowest BCUT2D eigenvalue weighted by molar-refractivity contribution is 0.301. The van der Waals surface area contributed by atoms with Crippen molar-refractivity contribution in [1.29, 1.82) is 0 Å². The van der Waals surface area contributed by atoms with E-state index in [4.69, 9.17) is 16.3 Å². The molecule has 0 spiro atoms. The molecule has 0 saturated carbocycles. The highest BCUT2D eigenvalue weighted by Gasteiger charge is 2.08. The molecule has 0 amide bonds. The number of benzene rings is 2. The van der Waals surface area contributed by atoms with Crippen LogP contribution in [0.3, 0.4) is 0 Å². The molecule has 0 saturated heterocycles. The molecule has 0 bridgehead atoms. The lowest BCUT2D eigenvalue weighted by atomic mass is 10.1. The molecular formula is C18H20BrClFNO. The fourth-order valence-corrected chi connectivity index (χ4v) is 2.68. The van der Waals surface area contributed by atoms with Crippen LogP contribution in [-0.4, -0.2) is 6.04 Å². The van der Waals surface area contributed by atoms with Crippen molar-refractivity contribution in [2.75, 3.05) is 0 Å². The van der Waals surface area contributed by atoms with Gasteiger partial charge in [0.1, 0.15) is 18.2 Å². The zero-order valence-corrected chi connectivity index (χ0v) is 15.5. The first-order valence-electron chi connectivity index (χ1n) is 7.58. The number of hydrogen-bond donors (Lipinski definition) is 1. The van der Waals surface area contributed by atoms with Gasteiger partial charge in [0.15, 0.2) is 0 Å². The molecule has 0 aliphatic heterocycles. The summed E-state index contributed by atoms with van der Waals surface area (Å²) in [4.78, 5) is 0. The standard InChI is InChI=1S/C18H20BrClFNO/c1-3-12(2)22-10-14-8-15(19)5-7-18(14)23-11-13-4-6-16(21)9-17(13)20/h4-9,12,22H,3,10-11H2,1-2H3. The van der Waals surface area contributed by atoms with E-state index in [-0.39, 0.29) is 5.82 Å². The van der Waals surface area contributed by atoms with E-state index >= 15 is 0 Å². The average molecular weight is 401 g/mol. The fourth-order valence-electron chi connectivity index (χ4n) is 2.05. The van der Waals surface area contributed by atoms with Gasteiger partial charge in [0.2, 0.25) is 0 Å². The molecule has 1 N–H and O–H groups in total. The van der Waals surface area contributed by atoms with Crippen LogP contribution in [0.1, 0.15) is 31.4 Å². The van der Waals surface area contributed by atoms with Crippen molar-refractivity contribution < 1.29 is 9.13 Å². The maximum atomic E-state index is 13.1. The van der Waals surface area contributed by atoms with Gasteiger partial charge >= 0.3 is 0 Å². The van der Waals surface area contributed by atoms with Crippen molar-refractivity contribution in [1.82, 2.24) is 5.32 Å². The fraction of sp³-hybridized carbons (Fsp3) is 0.333. The molecule has 0 radical (unpaired) electrons. The van der Waals surface area contributed by atoms with E-state index in [1.165, 1.54) is 12.1 Å². The Morgan fingerprint density at radius 2 is 2.00 bits per heavy atom. The molecule has 1 unspecified atom stereocenters. The monoisotopic (exact) mass is 399 g/mol. The summed E-state index contributed by atoms with van der Waals surface area (Å²) in [6, 6.07) is 10.7. The van der Waals surface area contributed by atoms with E-state index in [9.17, 15) is 4.39 Å². The highest BCUT2D eigenvalue weighted by atomic mass is 79.9. The molecule has 5 heteroatoms. The van der Waals surface area contributed by atoms with Crippen LogP contribution in [0.15, 0.2) is 40.9 Å². The molecule has 0 aliphatic rings. The summed E-state index contributed by atoms with van der Waals surface area (Å²) in [7, 11) is 0. The first-order valence-corrected chi connectivity index (χ1v) is 8.75. The number of nitrogens with one attached hydrogen (secondary N) is 1. The Morgan fingerprint density at radius 3 is 2.70 bits per heavy atom. The second-order valence-electron chi connectivity index (χ2n) is 5.47. The molecule has 23 heavy (non-hydrogen) atoms. The molecule has 2 aromatic carbocycles. The van der Waals surface area contributed by atoms with Gasteiger partial charge in [0.05, 0.1) is 5.02 Å². The van der Waals surface area contributed by atoms with Crippen LogP contribution in [0.25, 0.3) is 0 Å². The number of rotatable bonds is 7. The summed E-state index contributed by atoms with van der Waals surface area (Å²) in [6.45, 7) is 5.32. The van der Waals surface area contributed by atoms with Gasteiger partial charge in [-0.2, -0.15) is 0 Å². The predicted molar refractivity (Wildman–Crippen MR) is 96.5 cm³/mol. The van der Waals surface area contributed by atoms with E-state index in [0.29, 0.717) is 17.7 Å². The summed E-state index contributed by atoms with van der Waals surface area (Å²) in [5.41, 5.74) is 1.83. The Balaban J connectivity index is 2.09. The van der Waals surface area contributed by atoms with Crippen LogP contribution in [0.2, 0.25) is 5.02 Å². The SMILES string of the molecule is CCC(C)NCc1cc(Br)ccc1OCc1ccc(F)cc1Cl. The van der Waals surface area contributed by atoms with Crippen molar-refractivity contribution >= 4 is 27.5 Å². The molecule has 0 aromatic heterocycles. The summed E-state index contributed by atoms with van der Waals surface area (Å²) < 4.78 is 20.0. The Morgan fingerprint density at radius 1 is 1.22 bits per heavy atom. The largest absolute Gasteiger partial charge is 0.489 e. The summed E-state index contributed by atoms with van der Waals surface area (Å²) in [6.07, 6.45) is 1.06. The third-order valence-electron chi connectivity index (χ3n) is 3.67. The van der Waals surface area contributed by atoms with Crippen LogP contribution in [0, 0.1) is 5.82 Å². The van der Waals surface area contributed by atoms with E-state index in [2.05, 4.69) is 35.1 Å². The predicted octanol–water partition coefficient (Wildman–Crippen LogP) is 5.71. The summed E-state index contributed by atoms with van der Waals surface area (Å²) >= 11 is 9.53. The van der Waals surface area contributed by atoms with Crippen LogP contribution >= 0.6 is 27.5 Å². The molecule has 1 atom stereocenters. The summed E-state index contributed by atoms with van der Waals surface area (Å²) in [5.74, 6) is 0.449. The van der Waals surface area contributed by atoms with Crippen LogP contribution < -0.4 is 10.1 Å². The number of ether oxygens (including phenoxy) is 1. The van der Waals surface area contributed by atoms with E-state index in [1.807, 2.05) is 18.2 Å². The Bertz CT molecular complexity index is 665. The molecule has 2 nitrogen and oxygen atoms in total. The molecular weight excluding hydrogens is 381 g/mol. The van der Waals surface area contributed by atoms with Crippen LogP contribution in [-0.2, 0) is 13.2 Å². The Labute approximate surface area is 150 Å². The normalized spacial score (nSPS) is 12.2. The highest BCUT2D eigenvalue weighted by Crippen LogP contribution is 2.26. The summed E-state index contributed by atoms with van der Waals surface area (Å²) in [5, 5.41) is 3.83. The minimum Gasteiger partial charge on any atom is -0.489 e. The van der Waals surface area contributed by atoms with Gasteiger partial charge in [-0.05, 0) is 43.7 Å². The van der Waals surface area contributed by atoms with Gasteiger partial charge in [0.25, 0.3) is 0 Å². The zero-order chi connectivity index (χ0) is 16.8. The Kier molecular flexibility index (Phi) is 6.88. The van der Waals surface area contributed by atoms with Crippen LogP contribution in [0.5, 0.6) is 5.75 Å². The second kappa shape index (κ2) is 8.67. The van der Waals surface area contributed by atoms with Gasteiger partial charge < -0.3 is 10.1 Å². The molecule has 0 fully saturated rings. The minimum absolute atomic E-state index is 0.303. The molecule has 124 valence electrons. The van der Waals surface area contributed by atoms with E-state index in [1.54, 1.807) is 6.07 Å². The lowest BCUT2D eigenvalue weighted by Gasteiger charge is -2.16. The first-order chi connectivity index (χ1) is 11.0. The molecule has 2 rings (SSSR count). The van der Waals surface area contributed by atoms with Gasteiger partial charge in [-0.3, -0.25) is 0 Å². The Hall–Kier alpha value is -1.10. The van der Waals surface area contributed by atoms with Gasteiger partial charge in [-0.1, -0.05) is 40.5 Å². The van der Waals surface area contributed by atoms with Crippen molar-refractivity contribution in [2.24, 2.45) is 0 Å². The minimum atomic E-state index is -0.346. The zero-order valence-electron chi connectivity index (χ0n) is 13.2. The number of hydrogen-bond acceptors (Lipinski definition) is 2. The maximum Gasteiger partial charge on any atom is 0.124 e.